The lowest BCUT2D eigenvalue weighted by Gasteiger charge is -2.35. The summed E-state index contributed by atoms with van der Waals surface area (Å²) in [4.78, 5) is 12.0. The lowest BCUT2D eigenvalue weighted by Crippen LogP contribution is -2.32. The molecule has 3 aromatic carbocycles. The van der Waals surface area contributed by atoms with Crippen LogP contribution in [0.1, 0.15) is 32.6 Å². The molecule has 1 aliphatic carbocycles. The van der Waals surface area contributed by atoms with Gasteiger partial charge in [0.15, 0.2) is 5.78 Å². The van der Waals surface area contributed by atoms with Gasteiger partial charge in [-0.3, -0.25) is 4.79 Å². The Labute approximate surface area is 145 Å². The molecule has 0 saturated heterocycles. The van der Waals surface area contributed by atoms with Gasteiger partial charge < -0.3 is 4.74 Å². The second-order valence-electron chi connectivity index (χ2n) is 5.81. The molecule has 0 unspecified atom stereocenters. The number of fused-ring (bicyclic) bond motifs is 2. The molecule has 0 radical (unpaired) electrons. The molecule has 0 saturated carbocycles. The van der Waals surface area contributed by atoms with Crippen molar-refractivity contribution in [2.45, 2.75) is 4.87 Å². The molecular weight excluding hydrogens is 320 g/mol. The van der Waals surface area contributed by atoms with E-state index in [1.165, 1.54) is 0 Å². The van der Waals surface area contributed by atoms with Gasteiger partial charge in [-0.2, -0.15) is 0 Å². The van der Waals surface area contributed by atoms with Crippen LogP contribution < -0.4 is 4.74 Å². The summed E-state index contributed by atoms with van der Waals surface area (Å²) in [5, 5.41) is 0. The van der Waals surface area contributed by atoms with Crippen molar-refractivity contribution in [3.05, 3.63) is 101 Å². The predicted octanol–water partition coefficient (Wildman–Crippen LogP) is 4.77. The standard InChI is InChI=1S/C21H15ClO2/c1-24-15-12-10-14(11-13-15)21(22)18-8-4-2-6-16(18)20(23)17-7-3-5-9-19(17)21/h2-13H,1H3. The molecule has 3 aromatic rings. The van der Waals surface area contributed by atoms with Crippen LogP contribution in [0.4, 0.5) is 0 Å². The van der Waals surface area contributed by atoms with Crippen LogP contribution in [0, 0.1) is 0 Å². The summed E-state index contributed by atoms with van der Waals surface area (Å²) >= 11 is 7.23. The molecule has 0 fully saturated rings. The minimum absolute atomic E-state index is 0.0194. The van der Waals surface area contributed by atoms with E-state index in [2.05, 4.69) is 0 Å². The first kappa shape index (κ1) is 15.0. The van der Waals surface area contributed by atoms with Crippen LogP contribution in [0.25, 0.3) is 0 Å². The largest absolute Gasteiger partial charge is 0.497 e. The van der Waals surface area contributed by atoms with Gasteiger partial charge in [0, 0.05) is 11.1 Å². The highest BCUT2D eigenvalue weighted by molar-refractivity contribution is 6.31. The summed E-state index contributed by atoms with van der Waals surface area (Å²) in [5.41, 5.74) is 3.86. The summed E-state index contributed by atoms with van der Waals surface area (Å²) in [6.07, 6.45) is 0. The second-order valence-corrected chi connectivity index (χ2v) is 6.37. The molecule has 2 nitrogen and oxygen atoms in total. The van der Waals surface area contributed by atoms with Crippen LogP contribution in [0.3, 0.4) is 0 Å². The zero-order chi connectivity index (χ0) is 16.7. The normalized spacial score (nSPS) is 14.7. The number of hydrogen-bond donors (Lipinski definition) is 0. The molecule has 0 N–H and O–H groups in total. The maximum Gasteiger partial charge on any atom is 0.193 e. The maximum absolute atomic E-state index is 12.8. The van der Waals surface area contributed by atoms with Gasteiger partial charge >= 0.3 is 0 Å². The number of rotatable bonds is 2. The van der Waals surface area contributed by atoms with E-state index in [0.717, 1.165) is 22.4 Å². The van der Waals surface area contributed by atoms with Crippen LogP contribution in [-0.2, 0) is 4.87 Å². The first-order valence-electron chi connectivity index (χ1n) is 7.73. The predicted molar refractivity (Wildman–Crippen MR) is 95.0 cm³/mol. The summed E-state index contributed by atoms with van der Waals surface area (Å²) in [5.74, 6) is 0.790. The Morgan fingerprint density at radius 1 is 0.792 bits per heavy atom. The fourth-order valence-corrected chi connectivity index (χ4v) is 3.84. The van der Waals surface area contributed by atoms with E-state index in [-0.39, 0.29) is 5.78 Å². The Balaban J connectivity index is 2.03. The third-order valence-corrected chi connectivity index (χ3v) is 5.20. The third-order valence-electron chi connectivity index (χ3n) is 4.57. The highest BCUT2D eigenvalue weighted by Gasteiger charge is 2.43. The van der Waals surface area contributed by atoms with Gasteiger partial charge in [-0.15, -0.1) is 11.6 Å². The Hall–Kier alpha value is -2.58. The van der Waals surface area contributed by atoms with E-state index in [1.54, 1.807) is 7.11 Å². The van der Waals surface area contributed by atoms with Crippen molar-refractivity contribution in [3.8, 4) is 5.75 Å². The molecule has 0 spiro atoms. The Morgan fingerprint density at radius 2 is 1.29 bits per heavy atom. The topological polar surface area (TPSA) is 26.3 Å². The number of halogens is 1. The SMILES string of the molecule is COc1ccc(C2(Cl)c3ccccc3C(=O)c3ccccc32)cc1. The molecule has 0 aliphatic heterocycles. The van der Waals surface area contributed by atoms with Gasteiger partial charge in [0.05, 0.1) is 7.11 Å². The minimum atomic E-state index is -0.895. The summed E-state index contributed by atoms with van der Waals surface area (Å²) in [6.45, 7) is 0. The molecule has 4 rings (SSSR count). The van der Waals surface area contributed by atoms with Crippen molar-refractivity contribution in [3.63, 3.8) is 0 Å². The van der Waals surface area contributed by atoms with Crippen LogP contribution in [-0.4, -0.2) is 12.9 Å². The number of ketones is 1. The van der Waals surface area contributed by atoms with E-state index >= 15 is 0 Å². The number of methoxy groups -OCH3 is 1. The van der Waals surface area contributed by atoms with E-state index in [1.807, 2.05) is 72.8 Å². The number of hydrogen-bond acceptors (Lipinski definition) is 2. The van der Waals surface area contributed by atoms with Crippen LogP contribution >= 0.6 is 11.6 Å². The lowest BCUT2D eigenvalue weighted by atomic mass is 9.73. The first-order valence-corrected chi connectivity index (χ1v) is 8.11. The smallest absolute Gasteiger partial charge is 0.193 e. The summed E-state index contributed by atoms with van der Waals surface area (Å²) < 4.78 is 5.25. The van der Waals surface area contributed by atoms with E-state index in [0.29, 0.717) is 11.1 Å². The van der Waals surface area contributed by atoms with Crippen molar-refractivity contribution in [1.82, 2.24) is 0 Å². The molecule has 3 heteroatoms. The fourth-order valence-electron chi connectivity index (χ4n) is 3.38. The van der Waals surface area contributed by atoms with Gasteiger partial charge in [0.25, 0.3) is 0 Å². The number of benzene rings is 3. The maximum atomic E-state index is 12.8. The molecule has 0 bridgehead atoms. The molecule has 0 amide bonds. The van der Waals surface area contributed by atoms with E-state index in [9.17, 15) is 4.79 Å². The van der Waals surface area contributed by atoms with Crippen molar-refractivity contribution in [1.29, 1.82) is 0 Å². The minimum Gasteiger partial charge on any atom is -0.497 e. The van der Waals surface area contributed by atoms with Crippen molar-refractivity contribution in [2.24, 2.45) is 0 Å². The first-order chi connectivity index (χ1) is 11.7. The van der Waals surface area contributed by atoms with Crippen LogP contribution in [0.15, 0.2) is 72.8 Å². The average Bonchev–Trinajstić information content (AvgIpc) is 2.66. The quantitative estimate of drug-likeness (QED) is 0.631. The van der Waals surface area contributed by atoms with E-state index < -0.39 is 4.87 Å². The molecule has 118 valence electrons. The number of carbonyl (C=O) groups is 1. The van der Waals surface area contributed by atoms with Gasteiger partial charge in [-0.1, -0.05) is 60.7 Å². The Bertz CT molecular complexity index is 879. The van der Waals surface area contributed by atoms with E-state index in [4.69, 9.17) is 16.3 Å². The van der Waals surface area contributed by atoms with Crippen molar-refractivity contribution < 1.29 is 9.53 Å². The average molecular weight is 335 g/mol. The van der Waals surface area contributed by atoms with Crippen molar-refractivity contribution >= 4 is 17.4 Å². The molecule has 0 atom stereocenters. The third kappa shape index (κ3) is 2.00. The number of ether oxygens (including phenoxy) is 1. The molecule has 0 heterocycles. The zero-order valence-electron chi connectivity index (χ0n) is 13.1. The fraction of sp³-hybridized carbons (Fsp3) is 0.0952. The van der Waals surface area contributed by atoms with Gasteiger partial charge in [0.1, 0.15) is 10.6 Å². The lowest BCUT2D eigenvalue weighted by molar-refractivity contribution is 0.103. The summed E-state index contributed by atoms with van der Waals surface area (Å²) in [7, 11) is 1.63. The number of alkyl halides is 1. The molecular formula is C21H15ClO2. The monoisotopic (exact) mass is 334 g/mol. The molecule has 0 aromatic heterocycles. The van der Waals surface area contributed by atoms with Crippen molar-refractivity contribution in [2.75, 3.05) is 7.11 Å². The Kier molecular flexibility index (Phi) is 3.43. The summed E-state index contributed by atoms with van der Waals surface area (Å²) in [6, 6.07) is 22.8. The van der Waals surface area contributed by atoms with Gasteiger partial charge in [-0.05, 0) is 28.8 Å². The molecule has 1 aliphatic rings. The zero-order valence-corrected chi connectivity index (χ0v) is 13.9. The molecule has 24 heavy (non-hydrogen) atoms. The highest BCUT2D eigenvalue weighted by atomic mass is 35.5. The van der Waals surface area contributed by atoms with Gasteiger partial charge in [0.2, 0.25) is 0 Å². The van der Waals surface area contributed by atoms with Crippen LogP contribution in [0.5, 0.6) is 5.75 Å². The second kappa shape index (κ2) is 5.50. The van der Waals surface area contributed by atoms with Crippen LogP contribution in [0.2, 0.25) is 0 Å². The Morgan fingerprint density at radius 3 is 1.79 bits per heavy atom. The van der Waals surface area contributed by atoms with Gasteiger partial charge in [-0.25, -0.2) is 0 Å². The number of carbonyl (C=O) groups excluding carboxylic acids is 1. The highest BCUT2D eigenvalue weighted by Crippen LogP contribution is 2.49.